The first kappa shape index (κ1) is 12.2. The van der Waals surface area contributed by atoms with Gasteiger partial charge in [-0.1, -0.05) is 0 Å². The SMILES string of the molecule is COc1nc(OCC(C)(C)N)ncc1Br. The van der Waals surface area contributed by atoms with Gasteiger partial charge in [0.15, 0.2) is 0 Å². The van der Waals surface area contributed by atoms with Gasteiger partial charge in [-0.05, 0) is 29.8 Å². The van der Waals surface area contributed by atoms with Crippen LogP contribution in [-0.2, 0) is 0 Å². The number of hydrogen-bond acceptors (Lipinski definition) is 5. The molecule has 1 heterocycles. The minimum Gasteiger partial charge on any atom is -0.480 e. The van der Waals surface area contributed by atoms with E-state index in [1.54, 1.807) is 6.20 Å². The lowest BCUT2D eigenvalue weighted by atomic mass is 10.1. The summed E-state index contributed by atoms with van der Waals surface area (Å²) in [6.45, 7) is 4.07. The van der Waals surface area contributed by atoms with E-state index in [4.69, 9.17) is 15.2 Å². The Morgan fingerprint density at radius 3 is 2.73 bits per heavy atom. The molecular formula is C9H14BrN3O2. The highest BCUT2D eigenvalue weighted by Crippen LogP contribution is 2.22. The molecule has 0 unspecified atom stereocenters. The van der Waals surface area contributed by atoms with E-state index in [-0.39, 0.29) is 6.01 Å². The standard InChI is InChI=1S/C9H14BrN3O2/c1-9(2,11)5-15-8-12-4-6(10)7(13-8)14-3/h4H,5,11H2,1-3H3. The van der Waals surface area contributed by atoms with E-state index >= 15 is 0 Å². The minimum absolute atomic E-state index is 0.258. The Morgan fingerprint density at radius 2 is 2.20 bits per heavy atom. The molecule has 0 aliphatic heterocycles. The van der Waals surface area contributed by atoms with E-state index in [1.165, 1.54) is 7.11 Å². The highest BCUT2D eigenvalue weighted by atomic mass is 79.9. The number of rotatable bonds is 4. The fourth-order valence-corrected chi connectivity index (χ4v) is 1.15. The second-order valence-corrected chi connectivity index (χ2v) is 4.64. The third kappa shape index (κ3) is 4.01. The topological polar surface area (TPSA) is 70.3 Å². The molecule has 0 fully saturated rings. The van der Waals surface area contributed by atoms with E-state index in [0.29, 0.717) is 17.0 Å². The number of aromatic nitrogens is 2. The van der Waals surface area contributed by atoms with Gasteiger partial charge in [-0.15, -0.1) is 0 Å². The van der Waals surface area contributed by atoms with Gasteiger partial charge >= 0.3 is 6.01 Å². The first-order valence-corrected chi connectivity index (χ1v) is 5.20. The molecule has 6 heteroatoms. The van der Waals surface area contributed by atoms with Crippen LogP contribution in [0.25, 0.3) is 0 Å². The molecule has 0 saturated carbocycles. The average molecular weight is 276 g/mol. The van der Waals surface area contributed by atoms with Crippen LogP contribution in [0.1, 0.15) is 13.8 Å². The molecule has 1 aromatic rings. The van der Waals surface area contributed by atoms with Crippen LogP contribution in [0.4, 0.5) is 0 Å². The maximum atomic E-state index is 5.76. The van der Waals surface area contributed by atoms with Crippen molar-refractivity contribution in [3.05, 3.63) is 10.7 Å². The molecule has 0 aliphatic carbocycles. The molecule has 1 rings (SSSR count). The number of hydrogen-bond donors (Lipinski definition) is 1. The quantitative estimate of drug-likeness (QED) is 0.899. The molecule has 0 saturated heterocycles. The summed E-state index contributed by atoms with van der Waals surface area (Å²) in [6.07, 6.45) is 1.57. The number of methoxy groups -OCH3 is 1. The number of halogens is 1. The molecule has 0 spiro atoms. The average Bonchev–Trinajstić information content (AvgIpc) is 2.15. The van der Waals surface area contributed by atoms with Crippen LogP contribution < -0.4 is 15.2 Å². The van der Waals surface area contributed by atoms with Gasteiger partial charge in [-0.3, -0.25) is 0 Å². The normalized spacial score (nSPS) is 11.3. The summed E-state index contributed by atoms with van der Waals surface area (Å²) >= 11 is 3.25. The zero-order chi connectivity index (χ0) is 11.5. The van der Waals surface area contributed by atoms with E-state index in [0.717, 1.165) is 0 Å². The second kappa shape index (κ2) is 4.76. The van der Waals surface area contributed by atoms with Crippen molar-refractivity contribution in [2.45, 2.75) is 19.4 Å². The molecule has 15 heavy (non-hydrogen) atoms. The van der Waals surface area contributed by atoms with Crippen molar-refractivity contribution in [1.82, 2.24) is 9.97 Å². The highest BCUT2D eigenvalue weighted by Gasteiger charge is 2.13. The van der Waals surface area contributed by atoms with Crippen LogP contribution in [-0.4, -0.2) is 29.2 Å². The van der Waals surface area contributed by atoms with Crippen LogP contribution >= 0.6 is 15.9 Å². The molecule has 0 radical (unpaired) electrons. The lowest BCUT2D eigenvalue weighted by Crippen LogP contribution is -2.39. The Kier molecular flexibility index (Phi) is 3.87. The number of ether oxygens (including phenoxy) is 2. The Morgan fingerprint density at radius 1 is 1.53 bits per heavy atom. The zero-order valence-electron chi connectivity index (χ0n) is 8.95. The number of nitrogens with two attached hydrogens (primary N) is 1. The maximum Gasteiger partial charge on any atom is 0.319 e. The largest absolute Gasteiger partial charge is 0.480 e. The van der Waals surface area contributed by atoms with Crippen LogP contribution in [0.3, 0.4) is 0 Å². The minimum atomic E-state index is -0.413. The van der Waals surface area contributed by atoms with E-state index in [1.807, 2.05) is 13.8 Å². The fourth-order valence-electron chi connectivity index (χ4n) is 0.799. The molecule has 5 nitrogen and oxygen atoms in total. The smallest absolute Gasteiger partial charge is 0.319 e. The molecule has 0 aliphatic rings. The van der Waals surface area contributed by atoms with Gasteiger partial charge in [-0.2, -0.15) is 4.98 Å². The third-order valence-corrected chi connectivity index (χ3v) is 2.00. The Bertz CT molecular complexity index is 339. The molecular weight excluding hydrogens is 262 g/mol. The van der Waals surface area contributed by atoms with Crippen molar-refractivity contribution in [3.8, 4) is 11.9 Å². The highest BCUT2D eigenvalue weighted by molar-refractivity contribution is 9.10. The van der Waals surface area contributed by atoms with Crippen LogP contribution in [0, 0.1) is 0 Å². The van der Waals surface area contributed by atoms with E-state index in [9.17, 15) is 0 Å². The summed E-state index contributed by atoms with van der Waals surface area (Å²) < 4.78 is 11.0. The van der Waals surface area contributed by atoms with Crippen molar-refractivity contribution in [1.29, 1.82) is 0 Å². The van der Waals surface area contributed by atoms with Gasteiger partial charge in [0, 0.05) is 5.54 Å². The van der Waals surface area contributed by atoms with Crippen LogP contribution in [0.15, 0.2) is 10.7 Å². The third-order valence-electron chi connectivity index (χ3n) is 1.46. The monoisotopic (exact) mass is 275 g/mol. The first-order valence-electron chi connectivity index (χ1n) is 4.40. The Labute approximate surface area is 97.1 Å². The van der Waals surface area contributed by atoms with Gasteiger partial charge in [-0.25, -0.2) is 4.98 Å². The van der Waals surface area contributed by atoms with Crippen LogP contribution in [0.5, 0.6) is 11.9 Å². The van der Waals surface area contributed by atoms with Gasteiger partial charge < -0.3 is 15.2 Å². The predicted molar refractivity (Wildman–Crippen MR) is 60.0 cm³/mol. The summed E-state index contributed by atoms with van der Waals surface area (Å²) in [7, 11) is 1.53. The number of nitrogens with zero attached hydrogens (tertiary/aromatic N) is 2. The lowest BCUT2D eigenvalue weighted by Gasteiger charge is -2.17. The Hall–Kier alpha value is -0.880. The fraction of sp³-hybridized carbons (Fsp3) is 0.556. The Balaban J connectivity index is 2.70. The van der Waals surface area contributed by atoms with Gasteiger partial charge in [0.2, 0.25) is 5.88 Å². The van der Waals surface area contributed by atoms with Crippen molar-refractivity contribution in [2.24, 2.45) is 5.73 Å². The molecule has 0 bridgehead atoms. The lowest BCUT2D eigenvalue weighted by molar-refractivity contribution is 0.223. The van der Waals surface area contributed by atoms with E-state index in [2.05, 4.69) is 25.9 Å². The molecule has 0 atom stereocenters. The van der Waals surface area contributed by atoms with Crippen molar-refractivity contribution in [2.75, 3.05) is 13.7 Å². The van der Waals surface area contributed by atoms with Gasteiger partial charge in [0.05, 0.1) is 17.8 Å². The van der Waals surface area contributed by atoms with Crippen molar-refractivity contribution in [3.63, 3.8) is 0 Å². The molecule has 2 N–H and O–H groups in total. The van der Waals surface area contributed by atoms with Crippen molar-refractivity contribution < 1.29 is 9.47 Å². The maximum absolute atomic E-state index is 5.76. The first-order chi connectivity index (χ1) is 6.92. The molecule has 1 aromatic heterocycles. The predicted octanol–water partition coefficient (Wildman–Crippen LogP) is 1.36. The van der Waals surface area contributed by atoms with Crippen LogP contribution in [0.2, 0.25) is 0 Å². The zero-order valence-corrected chi connectivity index (χ0v) is 10.5. The second-order valence-electron chi connectivity index (χ2n) is 3.79. The van der Waals surface area contributed by atoms with E-state index < -0.39 is 5.54 Å². The summed E-state index contributed by atoms with van der Waals surface area (Å²) in [6, 6.07) is 0.258. The molecule has 0 amide bonds. The summed E-state index contributed by atoms with van der Waals surface area (Å²) in [5.41, 5.74) is 5.35. The summed E-state index contributed by atoms with van der Waals surface area (Å²) in [5, 5.41) is 0. The molecule has 84 valence electrons. The van der Waals surface area contributed by atoms with Gasteiger partial charge in [0.25, 0.3) is 0 Å². The molecule has 0 aromatic carbocycles. The van der Waals surface area contributed by atoms with Crippen molar-refractivity contribution >= 4 is 15.9 Å². The summed E-state index contributed by atoms with van der Waals surface area (Å²) in [4.78, 5) is 8.01. The van der Waals surface area contributed by atoms with Gasteiger partial charge in [0.1, 0.15) is 6.61 Å². The summed E-state index contributed by atoms with van der Waals surface area (Å²) in [5.74, 6) is 0.440.